The molecule has 0 radical (unpaired) electrons. The van der Waals surface area contributed by atoms with Gasteiger partial charge >= 0.3 is 0 Å². The number of hydrogen-bond donors (Lipinski definition) is 1. The summed E-state index contributed by atoms with van der Waals surface area (Å²) >= 11 is 0. The van der Waals surface area contributed by atoms with E-state index in [0.717, 1.165) is 17.9 Å². The molecule has 1 aromatic carbocycles. The molecule has 2 N–H and O–H groups in total. The summed E-state index contributed by atoms with van der Waals surface area (Å²) in [4.78, 5) is 0. The lowest BCUT2D eigenvalue weighted by Gasteiger charge is -2.16. The first-order valence-electron chi connectivity index (χ1n) is 6.26. The fourth-order valence-corrected chi connectivity index (χ4v) is 3.40. The van der Waals surface area contributed by atoms with E-state index >= 15 is 0 Å². The minimum atomic E-state index is -0.361. The van der Waals surface area contributed by atoms with Gasteiger partial charge in [0.15, 0.2) is 0 Å². The van der Waals surface area contributed by atoms with Crippen LogP contribution >= 0.6 is 0 Å². The summed E-state index contributed by atoms with van der Waals surface area (Å²) in [5.41, 5.74) is 6.72. The Kier molecular flexibility index (Phi) is 2.28. The highest BCUT2D eigenvalue weighted by atomic mass is 19.1. The molecule has 2 heteroatoms. The van der Waals surface area contributed by atoms with E-state index < -0.39 is 0 Å². The van der Waals surface area contributed by atoms with E-state index in [9.17, 15) is 4.39 Å². The van der Waals surface area contributed by atoms with E-state index in [4.69, 9.17) is 5.73 Å². The van der Waals surface area contributed by atoms with Gasteiger partial charge in [0.1, 0.15) is 5.82 Å². The molecule has 2 fully saturated rings. The Bertz CT molecular complexity index is 397. The smallest absolute Gasteiger partial charge is 0.128 e. The van der Waals surface area contributed by atoms with Crippen molar-refractivity contribution in [2.24, 2.45) is 17.6 Å². The molecule has 2 aliphatic rings. The van der Waals surface area contributed by atoms with Gasteiger partial charge in [0, 0.05) is 11.1 Å². The van der Waals surface area contributed by atoms with Gasteiger partial charge in [-0.05, 0) is 24.3 Å². The van der Waals surface area contributed by atoms with E-state index in [1.54, 1.807) is 6.07 Å². The molecule has 1 aromatic rings. The van der Waals surface area contributed by atoms with Gasteiger partial charge in [0.25, 0.3) is 0 Å². The zero-order valence-electron chi connectivity index (χ0n) is 9.45. The van der Waals surface area contributed by atoms with E-state index in [1.807, 2.05) is 12.1 Å². The molecule has 0 aliphatic heterocycles. The summed E-state index contributed by atoms with van der Waals surface area (Å²) in [5.74, 6) is 1.13. The maximum absolute atomic E-state index is 13.7. The van der Waals surface area contributed by atoms with Gasteiger partial charge in [-0.15, -0.1) is 0 Å². The lowest BCUT2D eigenvalue weighted by atomic mass is 9.94. The molecule has 16 heavy (non-hydrogen) atoms. The van der Waals surface area contributed by atoms with E-state index in [2.05, 4.69) is 0 Å². The van der Waals surface area contributed by atoms with Crippen molar-refractivity contribution in [1.82, 2.24) is 0 Å². The van der Waals surface area contributed by atoms with Crippen LogP contribution in [0.3, 0.4) is 0 Å². The Labute approximate surface area is 95.8 Å². The fourth-order valence-electron chi connectivity index (χ4n) is 3.40. The first-order valence-corrected chi connectivity index (χ1v) is 6.26. The molecule has 0 saturated heterocycles. The fraction of sp³-hybridized carbons (Fsp3) is 0.571. The Hall–Kier alpha value is -0.890. The summed E-state index contributed by atoms with van der Waals surface area (Å²) in [6, 6.07) is 6.99. The third-order valence-corrected chi connectivity index (χ3v) is 4.40. The van der Waals surface area contributed by atoms with Crippen LogP contribution in [0.1, 0.15) is 37.7 Å². The predicted molar refractivity (Wildman–Crippen MR) is 62.3 cm³/mol. The van der Waals surface area contributed by atoms with Gasteiger partial charge in [-0.25, -0.2) is 4.39 Å². The van der Waals surface area contributed by atoms with E-state index in [-0.39, 0.29) is 11.4 Å². The van der Waals surface area contributed by atoms with Gasteiger partial charge in [-0.1, -0.05) is 43.9 Å². The topological polar surface area (TPSA) is 26.0 Å². The van der Waals surface area contributed by atoms with Gasteiger partial charge < -0.3 is 5.73 Å². The van der Waals surface area contributed by atoms with Gasteiger partial charge in [-0.2, -0.15) is 0 Å². The second-order valence-electron chi connectivity index (χ2n) is 5.38. The lowest BCUT2D eigenvalue weighted by molar-refractivity contribution is 0.421. The van der Waals surface area contributed by atoms with E-state index in [0.29, 0.717) is 5.92 Å². The third kappa shape index (κ3) is 1.47. The second kappa shape index (κ2) is 3.56. The molecule has 2 unspecified atom stereocenters. The zero-order valence-corrected chi connectivity index (χ0v) is 9.45. The maximum atomic E-state index is 13.7. The molecule has 0 spiro atoms. The van der Waals surface area contributed by atoms with Crippen molar-refractivity contribution in [2.45, 2.75) is 37.6 Å². The van der Waals surface area contributed by atoms with Crippen LogP contribution in [0.15, 0.2) is 24.3 Å². The summed E-state index contributed by atoms with van der Waals surface area (Å²) in [5, 5.41) is 0. The van der Waals surface area contributed by atoms with Crippen LogP contribution < -0.4 is 5.73 Å². The summed E-state index contributed by atoms with van der Waals surface area (Å²) in [7, 11) is 0. The number of rotatable bonds is 2. The van der Waals surface area contributed by atoms with Gasteiger partial charge in [0.2, 0.25) is 0 Å². The van der Waals surface area contributed by atoms with Crippen LogP contribution in [0.25, 0.3) is 0 Å². The zero-order chi connectivity index (χ0) is 11.2. The van der Waals surface area contributed by atoms with Crippen molar-refractivity contribution in [3.63, 3.8) is 0 Å². The predicted octanol–water partition coefficient (Wildman–Crippen LogP) is 3.19. The minimum absolute atomic E-state index is 0.134. The molecule has 0 bridgehead atoms. The lowest BCUT2D eigenvalue weighted by Crippen LogP contribution is -2.25. The highest BCUT2D eigenvalue weighted by Gasteiger charge is 2.56. The van der Waals surface area contributed by atoms with Crippen LogP contribution in [0.4, 0.5) is 4.39 Å². The molecule has 2 atom stereocenters. The standard InChI is InChI=1S/C14H18FN/c15-13-8-4-3-7-11(13)14(16)9-12(14)10-5-1-2-6-10/h3-4,7-8,10,12H,1-2,5-6,9,16H2. The van der Waals surface area contributed by atoms with Crippen LogP contribution in [-0.2, 0) is 5.54 Å². The van der Waals surface area contributed by atoms with Gasteiger partial charge in [-0.3, -0.25) is 0 Å². The molecular weight excluding hydrogens is 201 g/mol. The second-order valence-corrected chi connectivity index (χ2v) is 5.38. The molecule has 2 aliphatic carbocycles. The molecular formula is C14H18FN. The molecule has 0 amide bonds. The first kappa shape index (κ1) is 10.3. The number of benzene rings is 1. The molecule has 2 saturated carbocycles. The van der Waals surface area contributed by atoms with Crippen LogP contribution in [-0.4, -0.2) is 0 Å². The quantitative estimate of drug-likeness (QED) is 0.812. The van der Waals surface area contributed by atoms with Crippen molar-refractivity contribution >= 4 is 0 Å². The van der Waals surface area contributed by atoms with Crippen molar-refractivity contribution < 1.29 is 4.39 Å². The van der Waals surface area contributed by atoms with Crippen LogP contribution in [0.5, 0.6) is 0 Å². The highest BCUT2D eigenvalue weighted by Crippen LogP contribution is 2.57. The van der Waals surface area contributed by atoms with Crippen molar-refractivity contribution in [3.8, 4) is 0 Å². The van der Waals surface area contributed by atoms with Crippen molar-refractivity contribution in [1.29, 1.82) is 0 Å². The Morgan fingerprint density at radius 1 is 1.19 bits per heavy atom. The summed E-state index contributed by atoms with van der Waals surface area (Å²) in [6.45, 7) is 0. The highest BCUT2D eigenvalue weighted by molar-refractivity contribution is 5.33. The number of halogens is 1. The SMILES string of the molecule is NC1(c2ccccc2F)CC1C1CCCC1. The average molecular weight is 219 g/mol. The molecule has 86 valence electrons. The number of nitrogens with two attached hydrogens (primary N) is 1. The Balaban J connectivity index is 1.83. The normalized spacial score (nSPS) is 34.2. The van der Waals surface area contributed by atoms with Crippen LogP contribution in [0.2, 0.25) is 0 Å². The van der Waals surface area contributed by atoms with Crippen LogP contribution in [0, 0.1) is 17.7 Å². The minimum Gasteiger partial charge on any atom is -0.321 e. The first-order chi connectivity index (χ1) is 7.72. The number of hydrogen-bond acceptors (Lipinski definition) is 1. The molecule has 0 aromatic heterocycles. The molecule has 3 rings (SSSR count). The summed E-state index contributed by atoms with van der Waals surface area (Å²) in [6.07, 6.45) is 6.21. The largest absolute Gasteiger partial charge is 0.321 e. The Morgan fingerprint density at radius 3 is 2.56 bits per heavy atom. The molecule has 0 heterocycles. The van der Waals surface area contributed by atoms with E-state index in [1.165, 1.54) is 31.7 Å². The van der Waals surface area contributed by atoms with Crippen molar-refractivity contribution in [2.75, 3.05) is 0 Å². The summed E-state index contributed by atoms with van der Waals surface area (Å²) < 4.78 is 13.7. The Morgan fingerprint density at radius 2 is 1.88 bits per heavy atom. The average Bonchev–Trinajstić information content (AvgIpc) is 2.77. The maximum Gasteiger partial charge on any atom is 0.128 e. The van der Waals surface area contributed by atoms with Crippen molar-refractivity contribution in [3.05, 3.63) is 35.6 Å². The van der Waals surface area contributed by atoms with Gasteiger partial charge in [0.05, 0.1) is 0 Å². The third-order valence-electron chi connectivity index (χ3n) is 4.40. The monoisotopic (exact) mass is 219 g/mol. The molecule has 1 nitrogen and oxygen atoms in total.